The molecule has 0 saturated heterocycles. The topological polar surface area (TPSA) is 60.1 Å². The summed E-state index contributed by atoms with van der Waals surface area (Å²) >= 11 is 0. The third kappa shape index (κ3) is 4.18. The zero-order chi connectivity index (χ0) is 22.8. The summed E-state index contributed by atoms with van der Waals surface area (Å²) in [6.07, 6.45) is 6.11. The average molecular weight is 439 g/mol. The minimum absolute atomic E-state index is 0.276. The van der Waals surface area contributed by atoms with E-state index in [0.29, 0.717) is 35.4 Å². The van der Waals surface area contributed by atoms with Crippen LogP contribution in [0.1, 0.15) is 29.8 Å². The van der Waals surface area contributed by atoms with Gasteiger partial charge in [-0.3, -0.25) is 4.57 Å². The van der Waals surface area contributed by atoms with E-state index in [2.05, 4.69) is 6.07 Å². The van der Waals surface area contributed by atoms with Gasteiger partial charge in [-0.15, -0.1) is 0 Å². The summed E-state index contributed by atoms with van der Waals surface area (Å²) < 4.78 is 28.2. The predicted molar refractivity (Wildman–Crippen MR) is 126 cm³/mol. The van der Waals surface area contributed by atoms with E-state index in [1.54, 1.807) is 11.7 Å². The minimum Gasteiger partial charge on any atom is -0.493 e. The van der Waals surface area contributed by atoms with Crippen LogP contribution in [0.5, 0.6) is 11.5 Å². The number of nitrogens with zero attached hydrogens (tertiary/aromatic N) is 3. The summed E-state index contributed by atoms with van der Waals surface area (Å²) in [5.41, 5.74) is 2.98. The number of ether oxygens (including phenoxy) is 2. The molecule has 0 spiro atoms. The predicted octanol–water partition coefficient (Wildman–Crippen LogP) is 6.00. The lowest BCUT2D eigenvalue weighted by Gasteiger charge is -2.13. The Labute approximate surface area is 191 Å². The molecule has 0 aliphatic heterocycles. The molecule has 3 aromatic carbocycles. The van der Waals surface area contributed by atoms with Gasteiger partial charge in [-0.1, -0.05) is 24.3 Å². The van der Waals surface area contributed by atoms with E-state index in [1.165, 1.54) is 31.0 Å². The third-order valence-electron chi connectivity index (χ3n) is 5.70. The summed E-state index contributed by atoms with van der Waals surface area (Å²) in [4.78, 5) is 4.71. The van der Waals surface area contributed by atoms with Gasteiger partial charge in [-0.25, -0.2) is 9.37 Å². The monoisotopic (exact) mass is 439 g/mol. The van der Waals surface area contributed by atoms with Gasteiger partial charge in [0.1, 0.15) is 11.6 Å². The molecule has 5 nitrogen and oxygen atoms in total. The smallest absolute Gasteiger partial charge is 0.168 e. The number of imidazole rings is 1. The van der Waals surface area contributed by atoms with Gasteiger partial charge in [-0.2, -0.15) is 5.26 Å². The molecule has 164 valence electrons. The molecule has 4 aromatic rings. The number of methoxy groups -OCH3 is 1. The van der Waals surface area contributed by atoms with Crippen LogP contribution in [0, 0.1) is 23.1 Å². The second-order valence-corrected chi connectivity index (χ2v) is 8.04. The van der Waals surface area contributed by atoms with Gasteiger partial charge in [-0.05, 0) is 67.3 Å². The van der Waals surface area contributed by atoms with E-state index in [-0.39, 0.29) is 5.69 Å². The molecule has 0 bridgehead atoms. The molecular weight excluding hydrogens is 417 g/mol. The number of aromatic nitrogens is 2. The Kier molecular flexibility index (Phi) is 5.54. The highest BCUT2D eigenvalue weighted by molar-refractivity contribution is 5.83. The van der Waals surface area contributed by atoms with Crippen molar-refractivity contribution in [2.75, 3.05) is 13.7 Å². The Morgan fingerprint density at radius 3 is 2.76 bits per heavy atom. The highest BCUT2D eigenvalue weighted by atomic mass is 19.1. The van der Waals surface area contributed by atoms with Crippen molar-refractivity contribution in [2.24, 2.45) is 5.92 Å². The Hall–Kier alpha value is -4.11. The first-order valence-corrected chi connectivity index (χ1v) is 10.8. The van der Waals surface area contributed by atoms with E-state index in [0.717, 1.165) is 16.6 Å². The molecule has 0 N–H and O–H groups in total. The molecule has 1 aromatic heterocycles. The maximum atomic E-state index is 14.9. The van der Waals surface area contributed by atoms with Crippen LogP contribution in [0.2, 0.25) is 0 Å². The van der Waals surface area contributed by atoms with Crippen molar-refractivity contribution in [3.8, 4) is 23.3 Å². The lowest BCUT2D eigenvalue weighted by atomic mass is 10.1. The maximum Gasteiger partial charge on any atom is 0.168 e. The molecule has 0 radical (unpaired) electrons. The molecule has 1 fully saturated rings. The Morgan fingerprint density at radius 2 is 1.97 bits per heavy atom. The van der Waals surface area contributed by atoms with Crippen LogP contribution in [0.3, 0.4) is 0 Å². The molecule has 0 atom stereocenters. The van der Waals surface area contributed by atoms with Crippen LogP contribution >= 0.6 is 0 Å². The van der Waals surface area contributed by atoms with Crippen LogP contribution in [-0.2, 0) is 0 Å². The minimum atomic E-state index is -0.429. The summed E-state index contributed by atoms with van der Waals surface area (Å²) in [7, 11) is 1.62. The summed E-state index contributed by atoms with van der Waals surface area (Å²) in [5.74, 6) is 2.07. The summed E-state index contributed by atoms with van der Waals surface area (Å²) in [6.45, 7) is 0.659. The van der Waals surface area contributed by atoms with E-state index >= 15 is 0 Å². The normalized spacial score (nSPS) is 13.4. The van der Waals surface area contributed by atoms with Crippen molar-refractivity contribution in [1.29, 1.82) is 5.26 Å². The fourth-order valence-electron chi connectivity index (χ4n) is 3.79. The summed E-state index contributed by atoms with van der Waals surface area (Å²) in [6, 6.07) is 19.7. The highest BCUT2D eigenvalue weighted by Crippen LogP contribution is 2.36. The Morgan fingerprint density at radius 1 is 1.12 bits per heavy atom. The van der Waals surface area contributed by atoms with Crippen molar-refractivity contribution in [1.82, 2.24) is 9.55 Å². The number of fused-ring (bicyclic) bond motifs is 1. The van der Waals surface area contributed by atoms with E-state index in [4.69, 9.17) is 14.5 Å². The number of benzene rings is 3. The molecule has 6 heteroatoms. The van der Waals surface area contributed by atoms with E-state index in [9.17, 15) is 9.65 Å². The van der Waals surface area contributed by atoms with Gasteiger partial charge < -0.3 is 9.47 Å². The van der Waals surface area contributed by atoms with Gasteiger partial charge in [0.05, 0.1) is 42.1 Å². The number of hydrogen-bond acceptors (Lipinski definition) is 4. The van der Waals surface area contributed by atoms with Crippen molar-refractivity contribution in [3.05, 3.63) is 83.4 Å². The first kappa shape index (κ1) is 20.8. The van der Waals surface area contributed by atoms with Crippen molar-refractivity contribution in [3.63, 3.8) is 0 Å². The molecule has 1 heterocycles. The molecule has 1 aliphatic rings. The van der Waals surface area contributed by atoms with Crippen molar-refractivity contribution < 1.29 is 13.9 Å². The fourth-order valence-corrected chi connectivity index (χ4v) is 3.79. The van der Waals surface area contributed by atoms with Gasteiger partial charge in [0, 0.05) is 5.56 Å². The number of nitriles is 1. The molecular formula is C27H22FN3O2. The van der Waals surface area contributed by atoms with Crippen LogP contribution in [0.4, 0.5) is 4.39 Å². The zero-order valence-electron chi connectivity index (χ0n) is 18.2. The number of rotatable bonds is 7. The maximum absolute atomic E-state index is 14.9. The molecule has 1 aliphatic carbocycles. The van der Waals surface area contributed by atoms with Crippen LogP contribution in [0.25, 0.3) is 28.9 Å². The second kappa shape index (κ2) is 8.79. The number of para-hydroxylation sites is 3. The Bertz CT molecular complexity index is 1400. The summed E-state index contributed by atoms with van der Waals surface area (Å²) in [5, 5.41) is 9.32. The van der Waals surface area contributed by atoms with Crippen molar-refractivity contribution in [2.45, 2.75) is 12.8 Å². The molecule has 0 amide bonds. The third-order valence-corrected chi connectivity index (χ3v) is 5.70. The van der Waals surface area contributed by atoms with Gasteiger partial charge in [0.15, 0.2) is 11.5 Å². The lowest BCUT2D eigenvalue weighted by Crippen LogP contribution is -2.03. The van der Waals surface area contributed by atoms with Crippen LogP contribution < -0.4 is 9.47 Å². The average Bonchev–Trinajstić information content (AvgIpc) is 3.61. The Balaban J connectivity index is 1.61. The standard InChI is InChI=1S/C27H22FN3O2/c1-32-25-8-4-5-20(27(25)33-17-18-9-10-18)12-14-26-30-22-6-2-3-7-23(22)31(26)24-15-19(16-29)11-13-21(24)28/h2-8,11-15,18H,9-10,17H2,1H3. The molecule has 1 saturated carbocycles. The largest absolute Gasteiger partial charge is 0.493 e. The molecule has 33 heavy (non-hydrogen) atoms. The quantitative estimate of drug-likeness (QED) is 0.354. The second-order valence-electron chi connectivity index (χ2n) is 8.04. The molecule has 0 unspecified atom stereocenters. The van der Waals surface area contributed by atoms with E-state index < -0.39 is 5.82 Å². The van der Waals surface area contributed by atoms with E-state index in [1.807, 2.05) is 54.6 Å². The first-order valence-electron chi connectivity index (χ1n) is 10.8. The fraction of sp³-hybridized carbons (Fsp3) is 0.185. The van der Waals surface area contributed by atoms with Crippen LogP contribution in [0.15, 0.2) is 60.7 Å². The van der Waals surface area contributed by atoms with Gasteiger partial charge >= 0.3 is 0 Å². The highest BCUT2D eigenvalue weighted by Gasteiger charge is 2.23. The lowest BCUT2D eigenvalue weighted by molar-refractivity contribution is 0.280. The van der Waals surface area contributed by atoms with Crippen molar-refractivity contribution >= 4 is 23.2 Å². The first-order chi connectivity index (χ1) is 16.2. The van der Waals surface area contributed by atoms with Gasteiger partial charge in [0.2, 0.25) is 0 Å². The number of hydrogen-bond donors (Lipinski definition) is 0. The zero-order valence-corrected chi connectivity index (χ0v) is 18.2. The SMILES string of the molecule is COc1cccc(C=Cc2nc3ccccc3n2-c2cc(C#N)ccc2F)c1OCC1CC1. The van der Waals surface area contributed by atoms with Gasteiger partial charge in [0.25, 0.3) is 0 Å². The van der Waals surface area contributed by atoms with Crippen LogP contribution in [-0.4, -0.2) is 23.3 Å². The number of halogens is 1. The molecule has 5 rings (SSSR count).